The average molecular weight is 377 g/mol. The maximum Gasteiger partial charge on any atom is 0.251 e. The van der Waals surface area contributed by atoms with E-state index in [-0.39, 0.29) is 17.4 Å². The predicted octanol–water partition coefficient (Wildman–Crippen LogP) is 4.23. The summed E-state index contributed by atoms with van der Waals surface area (Å²) in [7, 11) is 0. The molecule has 28 heavy (non-hydrogen) atoms. The lowest BCUT2D eigenvalue weighted by Crippen LogP contribution is -2.17. The van der Waals surface area contributed by atoms with Gasteiger partial charge in [0.05, 0.1) is 17.3 Å². The van der Waals surface area contributed by atoms with Crippen LogP contribution in [-0.4, -0.2) is 20.5 Å². The number of rotatable bonds is 6. The van der Waals surface area contributed by atoms with E-state index in [1.54, 1.807) is 0 Å². The lowest BCUT2D eigenvalue weighted by molar-refractivity contribution is 0.0981. The van der Waals surface area contributed by atoms with Gasteiger partial charge in [0.1, 0.15) is 0 Å². The van der Waals surface area contributed by atoms with E-state index in [0.717, 1.165) is 28.2 Å². The van der Waals surface area contributed by atoms with Crippen molar-refractivity contribution in [1.82, 2.24) is 14.8 Å². The lowest BCUT2D eigenvalue weighted by Gasteiger charge is -2.15. The Hall–Kier alpha value is -2.95. The molecule has 5 heteroatoms. The lowest BCUT2D eigenvalue weighted by atomic mass is 9.99. The van der Waals surface area contributed by atoms with Crippen molar-refractivity contribution in [2.45, 2.75) is 53.5 Å². The van der Waals surface area contributed by atoms with Crippen molar-refractivity contribution in [3.05, 3.63) is 86.1 Å². The highest BCUT2D eigenvalue weighted by Gasteiger charge is 2.22. The fraction of sp³-hybridized carbons (Fsp3) is 0.348. The minimum Gasteiger partial charge on any atom is -0.326 e. The molecule has 1 aromatic carbocycles. The van der Waals surface area contributed by atoms with Crippen molar-refractivity contribution >= 4 is 5.78 Å². The van der Waals surface area contributed by atoms with Crippen molar-refractivity contribution in [1.29, 1.82) is 0 Å². The van der Waals surface area contributed by atoms with Gasteiger partial charge in [-0.1, -0.05) is 30.3 Å². The Bertz CT molecular complexity index is 1060. The van der Waals surface area contributed by atoms with Gasteiger partial charge in [-0.05, 0) is 58.2 Å². The third-order valence-corrected chi connectivity index (χ3v) is 5.35. The highest BCUT2D eigenvalue weighted by molar-refractivity contribution is 5.98. The van der Waals surface area contributed by atoms with Crippen LogP contribution < -0.4 is 5.56 Å². The molecule has 1 unspecified atom stereocenters. The molecule has 5 nitrogen and oxygen atoms in total. The molecule has 0 aliphatic heterocycles. The van der Waals surface area contributed by atoms with Gasteiger partial charge in [-0.15, -0.1) is 0 Å². The number of nitrogens with zero attached hydrogens (tertiary/aromatic N) is 2. The summed E-state index contributed by atoms with van der Waals surface area (Å²) in [6.07, 6.45) is 0.721. The number of Topliss-reactive ketones (excluding diaryl/α,β-unsaturated/α-hetero) is 1. The van der Waals surface area contributed by atoms with Crippen LogP contribution in [-0.2, 0) is 6.42 Å². The number of hydrogen-bond acceptors (Lipinski definition) is 3. The van der Waals surface area contributed by atoms with Gasteiger partial charge in [-0.25, -0.2) is 0 Å². The van der Waals surface area contributed by atoms with Crippen LogP contribution in [0.4, 0.5) is 0 Å². The fourth-order valence-electron chi connectivity index (χ4n) is 3.87. The van der Waals surface area contributed by atoms with Crippen molar-refractivity contribution in [2.75, 3.05) is 0 Å². The largest absolute Gasteiger partial charge is 0.326 e. The molecule has 0 aliphatic carbocycles. The summed E-state index contributed by atoms with van der Waals surface area (Å²) < 4.78 is 1.92. The Morgan fingerprint density at radius 2 is 1.82 bits per heavy atom. The Balaban J connectivity index is 1.83. The normalized spacial score (nSPS) is 12.2. The molecule has 0 saturated heterocycles. The van der Waals surface area contributed by atoms with Gasteiger partial charge < -0.3 is 4.98 Å². The number of benzene rings is 1. The molecule has 2 aromatic heterocycles. The van der Waals surface area contributed by atoms with E-state index in [4.69, 9.17) is 0 Å². The van der Waals surface area contributed by atoms with Crippen LogP contribution in [0, 0.1) is 27.7 Å². The van der Waals surface area contributed by atoms with E-state index < -0.39 is 0 Å². The van der Waals surface area contributed by atoms with Gasteiger partial charge in [0.2, 0.25) is 0 Å². The van der Waals surface area contributed by atoms with Crippen LogP contribution >= 0.6 is 0 Å². The van der Waals surface area contributed by atoms with Crippen LogP contribution in [0.2, 0.25) is 0 Å². The number of carbonyl (C=O) groups excluding carboxylic acids is 1. The standard InChI is InChI=1S/C23H27N3O2/c1-14-13-15(2)24-23(28)20(14)11-12-21(27)22-16(3)25-26(18(22)5)17(4)19-9-7-6-8-10-19/h6-10,13,17H,11-12H2,1-5H3,(H,24,28). The topological polar surface area (TPSA) is 67.8 Å². The highest BCUT2D eigenvalue weighted by Crippen LogP contribution is 2.24. The molecule has 0 bridgehead atoms. The zero-order chi connectivity index (χ0) is 20.4. The van der Waals surface area contributed by atoms with Gasteiger partial charge in [-0.2, -0.15) is 5.10 Å². The minimum atomic E-state index is -0.105. The van der Waals surface area contributed by atoms with Gasteiger partial charge in [-0.3, -0.25) is 14.3 Å². The summed E-state index contributed by atoms with van der Waals surface area (Å²) in [5.41, 5.74) is 5.76. The quantitative estimate of drug-likeness (QED) is 0.654. The molecule has 0 saturated carbocycles. The molecule has 1 N–H and O–H groups in total. The first-order chi connectivity index (χ1) is 13.3. The van der Waals surface area contributed by atoms with E-state index in [1.807, 2.05) is 56.6 Å². The minimum absolute atomic E-state index is 0.0286. The summed E-state index contributed by atoms with van der Waals surface area (Å²) >= 11 is 0. The molecule has 3 aromatic rings. The zero-order valence-corrected chi connectivity index (χ0v) is 17.2. The summed E-state index contributed by atoms with van der Waals surface area (Å²) in [5, 5.41) is 4.64. The van der Waals surface area contributed by atoms with Crippen LogP contribution in [0.25, 0.3) is 0 Å². The molecule has 3 rings (SSSR count). The molecule has 0 radical (unpaired) electrons. The number of carbonyl (C=O) groups is 1. The van der Waals surface area contributed by atoms with E-state index in [0.29, 0.717) is 24.0 Å². The first-order valence-electron chi connectivity index (χ1n) is 9.62. The number of aryl methyl sites for hydroxylation is 3. The second kappa shape index (κ2) is 7.97. The number of hydrogen-bond donors (Lipinski definition) is 1. The van der Waals surface area contributed by atoms with Crippen molar-refractivity contribution in [3.8, 4) is 0 Å². The Morgan fingerprint density at radius 1 is 1.14 bits per heavy atom. The number of H-pyrrole nitrogens is 1. The molecule has 0 fully saturated rings. The van der Waals surface area contributed by atoms with Crippen molar-refractivity contribution in [2.24, 2.45) is 0 Å². The smallest absolute Gasteiger partial charge is 0.251 e. The van der Waals surface area contributed by atoms with Gasteiger partial charge >= 0.3 is 0 Å². The summed E-state index contributed by atoms with van der Waals surface area (Å²) in [4.78, 5) is 28.0. The number of nitrogens with one attached hydrogen (secondary N) is 1. The maximum atomic E-state index is 13.0. The maximum absolute atomic E-state index is 13.0. The number of ketones is 1. The summed E-state index contributed by atoms with van der Waals surface area (Å²) in [6, 6.07) is 12.1. The fourth-order valence-corrected chi connectivity index (χ4v) is 3.87. The third kappa shape index (κ3) is 3.84. The van der Waals surface area contributed by atoms with Crippen molar-refractivity contribution in [3.63, 3.8) is 0 Å². The summed E-state index contributed by atoms with van der Waals surface area (Å²) in [5.74, 6) is 0.0286. The number of aromatic nitrogens is 3. The van der Waals surface area contributed by atoms with E-state index in [1.165, 1.54) is 0 Å². The molecule has 2 heterocycles. The van der Waals surface area contributed by atoms with Crippen LogP contribution in [0.5, 0.6) is 0 Å². The number of pyridine rings is 1. The SMILES string of the molecule is Cc1cc(C)c(CCC(=O)c2c(C)nn(C(C)c3ccccc3)c2C)c(=O)[nH]1. The third-order valence-electron chi connectivity index (χ3n) is 5.35. The Kier molecular flexibility index (Phi) is 5.63. The second-order valence-corrected chi connectivity index (χ2v) is 7.44. The van der Waals surface area contributed by atoms with Crippen molar-refractivity contribution < 1.29 is 4.79 Å². The van der Waals surface area contributed by atoms with E-state index in [2.05, 4.69) is 29.1 Å². The monoisotopic (exact) mass is 377 g/mol. The van der Waals surface area contributed by atoms with E-state index in [9.17, 15) is 9.59 Å². The number of aromatic amines is 1. The van der Waals surface area contributed by atoms with Gasteiger partial charge in [0, 0.05) is 23.4 Å². The molecular formula is C23H27N3O2. The Labute approximate surface area is 165 Å². The molecular weight excluding hydrogens is 350 g/mol. The molecule has 0 amide bonds. The Morgan fingerprint density at radius 3 is 2.46 bits per heavy atom. The molecule has 1 atom stereocenters. The van der Waals surface area contributed by atoms with Crippen LogP contribution in [0.3, 0.4) is 0 Å². The van der Waals surface area contributed by atoms with Crippen LogP contribution in [0.15, 0.2) is 41.2 Å². The first kappa shape index (κ1) is 19.8. The second-order valence-electron chi connectivity index (χ2n) is 7.44. The van der Waals surface area contributed by atoms with Crippen LogP contribution in [0.1, 0.15) is 63.5 Å². The first-order valence-corrected chi connectivity index (χ1v) is 9.62. The predicted molar refractivity (Wildman–Crippen MR) is 111 cm³/mol. The average Bonchev–Trinajstić information content (AvgIpc) is 2.95. The van der Waals surface area contributed by atoms with Gasteiger partial charge in [0.15, 0.2) is 5.78 Å². The molecule has 0 aliphatic rings. The van der Waals surface area contributed by atoms with Gasteiger partial charge in [0.25, 0.3) is 5.56 Å². The molecule has 0 spiro atoms. The van der Waals surface area contributed by atoms with E-state index >= 15 is 0 Å². The molecule has 146 valence electrons. The zero-order valence-electron chi connectivity index (χ0n) is 17.2. The summed E-state index contributed by atoms with van der Waals surface area (Å²) in [6.45, 7) is 9.67. The highest BCUT2D eigenvalue weighted by atomic mass is 16.1.